The number of nitriles is 1. The van der Waals surface area contributed by atoms with E-state index in [9.17, 15) is 19.2 Å². The first-order chi connectivity index (χ1) is 17.5. The van der Waals surface area contributed by atoms with E-state index in [4.69, 9.17) is 0 Å². The Hall–Kier alpha value is -4.92. The summed E-state index contributed by atoms with van der Waals surface area (Å²) < 4.78 is 16.1. The molecule has 1 aromatic carbocycles. The zero-order valence-corrected chi connectivity index (χ0v) is 19.2. The largest absolute Gasteiger partial charge is 0.357 e. The number of rotatable bonds is 4. The molecule has 1 amide bonds. The third-order valence-corrected chi connectivity index (χ3v) is 6.10. The normalized spacial score (nSPS) is 16.2. The van der Waals surface area contributed by atoms with Crippen LogP contribution < -0.4 is 0 Å². The molecule has 1 aliphatic rings. The predicted molar refractivity (Wildman–Crippen MR) is 127 cm³/mol. The van der Waals surface area contributed by atoms with Crippen LogP contribution >= 0.6 is 0 Å². The van der Waals surface area contributed by atoms with E-state index in [1.165, 1.54) is 28.2 Å². The number of halogens is 1. The van der Waals surface area contributed by atoms with Crippen LogP contribution in [-0.4, -0.2) is 78.0 Å². The Morgan fingerprint density at radius 2 is 2.06 bits per heavy atom. The van der Waals surface area contributed by atoms with Crippen LogP contribution in [0.5, 0.6) is 0 Å². The van der Waals surface area contributed by atoms with E-state index in [1.54, 1.807) is 0 Å². The monoisotopic (exact) mass is 485 g/mol. The van der Waals surface area contributed by atoms with E-state index in [0.717, 1.165) is 11.8 Å². The smallest absolute Gasteiger partial charge is 0.295 e. The molecule has 0 saturated carbocycles. The fourth-order valence-corrected chi connectivity index (χ4v) is 4.42. The predicted octanol–water partition coefficient (Wildman–Crippen LogP) is 1.93. The molecule has 0 spiro atoms. The molecule has 1 saturated heterocycles. The van der Waals surface area contributed by atoms with Gasteiger partial charge in [0.1, 0.15) is 5.84 Å². The summed E-state index contributed by atoms with van der Waals surface area (Å²) in [6.45, 7) is 2.80. The molecule has 0 aliphatic carbocycles. The molecule has 0 bridgehead atoms. The lowest BCUT2D eigenvalue weighted by atomic mass is 10.1. The Bertz CT molecular complexity index is 1510. The summed E-state index contributed by atoms with van der Waals surface area (Å²) in [5, 5.41) is 16.7. The molecule has 0 unspecified atom stereocenters. The van der Waals surface area contributed by atoms with Gasteiger partial charge in [0.15, 0.2) is 11.6 Å². The molecule has 0 radical (unpaired) electrons. The van der Waals surface area contributed by atoms with Gasteiger partial charge in [-0.15, -0.1) is 5.10 Å². The molecule has 12 heteroatoms. The van der Waals surface area contributed by atoms with Gasteiger partial charge in [0.05, 0.1) is 35.1 Å². The number of amides is 1. The number of fused-ring (bicyclic) bond motifs is 1. The van der Waals surface area contributed by atoms with Crippen molar-refractivity contribution in [2.75, 3.05) is 19.6 Å². The number of amidine groups is 1. The van der Waals surface area contributed by atoms with E-state index >= 15 is 0 Å². The number of benzene rings is 1. The van der Waals surface area contributed by atoms with Gasteiger partial charge in [0.2, 0.25) is 6.19 Å². The minimum absolute atomic E-state index is 0.0346. The number of aromatic nitrogens is 5. The zero-order chi connectivity index (χ0) is 25.2. The van der Waals surface area contributed by atoms with Crippen molar-refractivity contribution < 1.29 is 14.0 Å². The van der Waals surface area contributed by atoms with Crippen LogP contribution in [0.3, 0.4) is 0 Å². The summed E-state index contributed by atoms with van der Waals surface area (Å²) >= 11 is 0. The first-order valence-corrected chi connectivity index (χ1v) is 11.1. The number of aliphatic imine (C=N–C) groups is 1. The molecule has 1 fully saturated rings. The second-order valence-corrected chi connectivity index (χ2v) is 8.25. The Morgan fingerprint density at radius 3 is 2.75 bits per heavy atom. The molecular formula is C24H20FN9O2. The van der Waals surface area contributed by atoms with Gasteiger partial charge in [0.25, 0.3) is 11.7 Å². The van der Waals surface area contributed by atoms with E-state index in [0.29, 0.717) is 18.9 Å². The van der Waals surface area contributed by atoms with Crippen molar-refractivity contribution in [3.8, 4) is 12.0 Å². The number of H-pyrrole nitrogens is 1. The van der Waals surface area contributed by atoms with Crippen LogP contribution in [0.15, 0.2) is 60.1 Å². The highest BCUT2D eigenvalue weighted by molar-refractivity contribution is 6.45. The lowest BCUT2D eigenvalue weighted by Gasteiger charge is -2.40. The SMILES string of the molecule is C[C@@H]1CN(C(=NC#N)c2ccccc2)CCN1C(=O)C(=O)c1c[nH]c2c(-n3ccnn3)ncc(F)c12. The van der Waals surface area contributed by atoms with Gasteiger partial charge in [-0.05, 0) is 6.92 Å². The molecule has 5 rings (SSSR count). The van der Waals surface area contributed by atoms with E-state index in [-0.39, 0.29) is 34.9 Å². The second-order valence-electron chi connectivity index (χ2n) is 8.25. The number of pyridine rings is 1. The number of ketones is 1. The van der Waals surface area contributed by atoms with Crippen LogP contribution in [0.2, 0.25) is 0 Å². The lowest BCUT2D eigenvalue weighted by Crippen LogP contribution is -2.57. The fraction of sp³-hybridized carbons (Fsp3) is 0.208. The molecular weight excluding hydrogens is 465 g/mol. The van der Waals surface area contributed by atoms with Crippen molar-refractivity contribution in [2.45, 2.75) is 13.0 Å². The van der Waals surface area contributed by atoms with Gasteiger partial charge >= 0.3 is 0 Å². The molecule has 4 aromatic rings. The van der Waals surface area contributed by atoms with Crippen molar-refractivity contribution in [3.63, 3.8) is 0 Å². The number of hydrogen-bond donors (Lipinski definition) is 1. The zero-order valence-electron chi connectivity index (χ0n) is 19.2. The van der Waals surface area contributed by atoms with Crippen LogP contribution in [0.25, 0.3) is 16.7 Å². The number of Topliss-reactive ketones (excluding diaryl/α,β-unsaturated/α-hetero) is 1. The van der Waals surface area contributed by atoms with Gasteiger partial charge in [0, 0.05) is 37.4 Å². The van der Waals surface area contributed by atoms with Crippen molar-refractivity contribution in [1.29, 1.82) is 5.26 Å². The molecule has 3 aromatic heterocycles. The molecule has 4 heterocycles. The highest BCUT2D eigenvalue weighted by Gasteiger charge is 2.34. The van der Waals surface area contributed by atoms with Gasteiger partial charge in [-0.1, -0.05) is 35.5 Å². The summed E-state index contributed by atoms with van der Waals surface area (Å²) in [6.07, 6.45) is 7.12. The second kappa shape index (κ2) is 9.38. The van der Waals surface area contributed by atoms with Crippen LogP contribution in [0, 0.1) is 17.3 Å². The maximum absolute atomic E-state index is 14.8. The van der Waals surface area contributed by atoms with Crippen molar-refractivity contribution in [2.24, 2.45) is 4.99 Å². The van der Waals surface area contributed by atoms with Crippen molar-refractivity contribution in [3.05, 3.63) is 72.1 Å². The molecule has 1 aliphatic heterocycles. The van der Waals surface area contributed by atoms with Crippen molar-refractivity contribution in [1.82, 2.24) is 34.8 Å². The summed E-state index contributed by atoms with van der Waals surface area (Å²) in [5.74, 6) is -1.53. The number of nitrogens with zero attached hydrogens (tertiary/aromatic N) is 8. The maximum Gasteiger partial charge on any atom is 0.295 e. The summed E-state index contributed by atoms with van der Waals surface area (Å²) in [5.41, 5.74) is 0.935. The quantitative estimate of drug-likeness (QED) is 0.153. The summed E-state index contributed by atoms with van der Waals surface area (Å²) in [7, 11) is 0. The Labute approximate surface area is 204 Å². The Kier molecular flexibility index (Phi) is 5.95. The van der Waals surface area contributed by atoms with Crippen LogP contribution in [-0.2, 0) is 4.79 Å². The molecule has 1 atom stereocenters. The Balaban J connectivity index is 1.39. The maximum atomic E-state index is 14.8. The van der Waals surface area contributed by atoms with Crippen LogP contribution in [0.4, 0.5) is 4.39 Å². The minimum Gasteiger partial charge on any atom is -0.357 e. The van der Waals surface area contributed by atoms with Gasteiger partial charge in [-0.3, -0.25) is 9.59 Å². The first-order valence-electron chi connectivity index (χ1n) is 11.1. The fourth-order valence-electron chi connectivity index (χ4n) is 4.42. The van der Waals surface area contributed by atoms with E-state index in [1.807, 2.05) is 48.3 Å². The molecule has 180 valence electrons. The minimum atomic E-state index is -0.829. The number of aromatic amines is 1. The summed E-state index contributed by atoms with van der Waals surface area (Å²) in [6, 6.07) is 8.94. The van der Waals surface area contributed by atoms with E-state index < -0.39 is 17.5 Å². The number of carbonyl (C=O) groups is 2. The summed E-state index contributed by atoms with van der Waals surface area (Å²) in [4.78, 5) is 40.7. The highest BCUT2D eigenvalue weighted by atomic mass is 19.1. The average Bonchev–Trinajstić information content (AvgIpc) is 3.58. The van der Waals surface area contributed by atoms with Gasteiger partial charge in [-0.25, -0.2) is 14.1 Å². The molecule has 36 heavy (non-hydrogen) atoms. The highest BCUT2D eigenvalue weighted by Crippen LogP contribution is 2.26. The van der Waals surface area contributed by atoms with E-state index in [2.05, 4.69) is 25.3 Å². The third kappa shape index (κ3) is 3.96. The number of nitrogens with one attached hydrogen (secondary N) is 1. The first kappa shape index (κ1) is 22.9. The van der Waals surface area contributed by atoms with Gasteiger partial charge < -0.3 is 14.8 Å². The number of piperazine rings is 1. The van der Waals surface area contributed by atoms with Gasteiger partial charge in [-0.2, -0.15) is 10.3 Å². The number of carbonyl (C=O) groups excluding carboxylic acids is 2. The molecule has 1 N–H and O–H groups in total. The van der Waals surface area contributed by atoms with Crippen LogP contribution in [0.1, 0.15) is 22.8 Å². The third-order valence-electron chi connectivity index (χ3n) is 6.10. The average molecular weight is 485 g/mol. The molecule has 11 nitrogen and oxygen atoms in total. The standard InChI is InChI=1S/C24H20FN9O2/c1-15-13-32(22(29-14-26)16-5-3-2-4-6-16)9-10-33(15)24(36)21(35)17-11-27-20-19(17)18(25)12-28-23(20)34-8-7-30-31-34/h2-8,11-12,15,27H,9-10,13H2,1H3/t15-/m1/s1. The lowest BCUT2D eigenvalue weighted by molar-refractivity contribution is -0.130. The topological polar surface area (TPSA) is 136 Å². The van der Waals surface area contributed by atoms with Crippen molar-refractivity contribution >= 4 is 28.4 Å². The Morgan fingerprint density at radius 1 is 1.25 bits per heavy atom. The number of hydrogen-bond acceptors (Lipinski definition) is 7.